The molecule has 2 rings (SSSR count). The van der Waals surface area contributed by atoms with E-state index in [2.05, 4.69) is 18.7 Å². The third kappa shape index (κ3) is 2.64. The number of hydrogen-bond acceptors (Lipinski definition) is 3. The van der Waals surface area contributed by atoms with Crippen LogP contribution >= 0.6 is 23.5 Å². The smallest absolute Gasteiger partial charge is 0.110 e. The molecule has 0 radical (unpaired) electrons. The highest BCUT2D eigenvalue weighted by Gasteiger charge is 2.31. The van der Waals surface area contributed by atoms with Crippen molar-refractivity contribution in [3.63, 3.8) is 0 Å². The minimum absolute atomic E-state index is 0.444. The lowest BCUT2D eigenvalue weighted by atomic mass is 10.3. The first kappa shape index (κ1) is 11.6. The van der Waals surface area contributed by atoms with Crippen molar-refractivity contribution in [2.75, 3.05) is 18.8 Å². The van der Waals surface area contributed by atoms with Gasteiger partial charge in [0, 0.05) is 29.3 Å². The van der Waals surface area contributed by atoms with Crippen LogP contribution in [0.15, 0.2) is 0 Å². The number of amidine groups is 1. The molecule has 0 aliphatic carbocycles. The van der Waals surface area contributed by atoms with Gasteiger partial charge in [-0.25, -0.2) is 0 Å². The van der Waals surface area contributed by atoms with Crippen LogP contribution in [0.1, 0.15) is 26.7 Å². The van der Waals surface area contributed by atoms with Gasteiger partial charge in [-0.1, -0.05) is 13.8 Å². The van der Waals surface area contributed by atoms with Crippen LogP contribution < -0.4 is 0 Å². The highest BCUT2D eigenvalue weighted by Crippen LogP contribution is 2.36. The predicted octanol–water partition coefficient (Wildman–Crippen LogP) is 2.69. The fourth-order valence-electron chi connectivity index (χ4n) is 2.09. The van der Waals surface area contributed by atoms with Gasteiger partial charge in [-0.15, -0.1) is 11.8 Å². The summed E-state index contributed by atoms with van der Waals surface area (Å²) in [7, 11) is 0. The van der Waals surface area contributed by atoms with Crippen molar-refractivity contribution in [3.8, 4) is 0 Å². The van der Waals surface area contributed by atoms with E-state index in [4.69, 9.17) is 5.41 Å². The summed E-state index contributed by atoms with van der Waals surface area (Å²) >= 11 is 4.04. The molecular weight excluding hydrogens is 224 g/mol. The molecule has 2 saturated heterocycles. The lowest BCUT2D eigenvalue weighted by Gasteiger charge is -2.34. The highest BCUT2D eigenvalue weighted by molar-refractivity contribution is 8.08. The summed E-state index contributed by atoms with van der Waals surface area (Å²) < 4.78 is 0. The molecule has 0 saturated carbocycles. The first-order chi connectivity index (χ1) is 7.18. The molecule has 4 heteroatoms. The summed E-state index contributed by atoms with van der Waals surface area (Å²) in [4.78, 5) is 2.28. The Bertz CT molecular complexity index is 239. The second-order valence-electron chi connectivity index (χ2n) is 4.45. The van der Waals surface area contributed by atoms with Crippen LogP contribution in [0.3, 0.4) is 0 Å². The Morgan fingerprint density at radius 1 is 1.20 bits per heavy atom. The van der Waals surface area contributed by atoms with Crippen LogP contribution in [0, 0.1) is 5.41 Å². The summed E-state index contributed by atoms with van der Waals surface area (Å²) in [5, 5.41) is 10.1. The van der Waals surface area contributed by atoms with E-state index < -0.39 is 0 Å². The summed E-state index contributed by atoms with van der Waals surface area (Å²) in [6, 6.07) is 0. The van der Waals surface area contributed by atoms with Crippen molar-refractivity contribution < 1.29 is 0 Å². The third-order valence-electron chi connectivity index (χ3n) is 3.30. The van der Waals surface area contributed by atoms with E-state index >= 15 is 0 Å². The molecule has 3 atom stereocenters. The maximum atomic E-state index is 8.23. The highest BCUT2D eigenvalue weighted by atomic mass is 32.2. The van der Waals surface area contributed by atoms with Crippen molar-refractivity contribution in [2.24, 2.45) is 0 Å². The number of nitrogens with one attached hydrogen (secondary N) is 1. The first-order valence-corrected chi connectivity index (χ1v) is 7.78. The zero-order valence-corrected chi connectivity index (χ0v) is 11.2. The van der Waals surface area contributed by atoms with Gasteiger partial charge in [0.15, 0.2) is 0 Å². The van der Waals surface area contributed by atoms with E-state index in [1.165, 1.54) is 12.8 Å². The zero-order valence-electron chi connectivity index (χ0n) is 9.53. The van der Waals surface area contributed by atoms with Gasteiger partial charge < -0.3 is 4.90 Å². The van der Waals surface area contributed by atoms with E-state index in [0.717, 1.165) is 29.9 Å². The number of rotatable bonds is 1. The Kier molecular flexibility index (Phi) is 3.88. The van der Waals surface area contributed by atoms with Crippen LogP contribution in [-0.2, 0) is 0 Å². The van der Waals surface area contributed by atoms with Crippen molar-refractivity contribution in [2.45, 2.75) is 42.4 Å². The number of thioether (sulfide) groups is 2. The lowest BCUT2D eigenvalue weighted by molar-refractivity contribution is 0.506. The second kappa shape index (κ2) is 5.00. The molecule has 2 aliphatic heterocycles. The minimum atomic E-state index is 0.444. The van der Waals surface area contributed by atoms with E-state index in [1.54, 1.807) is 0 Å². The molecule has 15 heavy (non-hydrogen) atoms. The third-order valence-corrected chi connectivity index (χ3v) is 6.70. The standard InChI is InChI=1S/C11H20N2S2/c1-8-9(2)15-10(7-14-8)11(12)13-5-3-4-6-13/h8-10,12H,3-7H2,1-2H3. The molecule has 3 unspecified atom stereocenters. The molecule has 2 fully saturated rings. The summed E-state index contributed by atoms with van der Waals surface area (Å²) in [6.45, 7) is 6.83. The van der Waals surface area contributed by atoms with Crippen molar-refractivity contribution in [3.05, 3.63) is 0 Å². The molecular formula is C11H20N2S2. The van der Waals surface area contributed by atoms with Crippen molar-refractivity contribution in [1.82, 2.24) is 4.90 Å². The maximum Gasteiger partial charge on any atom is 0.110 e. The predicted molar refractivity (Wildman–Crippen MR) is 71.3 cm³/mol. The van der Waals surface area contributed by atoms with E-state index in [-0.39, 0.29) is 0 Å². The van der Waals surface area contributed by atoms with Crippen LogP contribution in [0.5, 0.6) is 0 Å². The Morgan fingerprint density at radius 3 is 2.47 bits per heavy atom. The molecule has 0 bridgehead atoms. The Hall–Kier alpha value is 0.170. The molecule has 2 aliphatic rings. The fraction of sp³-hybridized carbons (Fsp3) is 0.909. The average Bonchev–Trinajstić information content (AvgIpc) is 2.74. The van der Waals surface area contributed by atoms with E-state index in [0.29, 0.717) is 10.5 Å². The molecule has 0 amide bonds. The van der Waals surface area contributed by atoms with Crippen LogP contribution in [-0.4, -0.2) is 45.3 Å². The van der Waals surface area contributed by atoms with Gasteiger partial charge in [0.1, 0.15) is 5.84 Å². The molecule has 86 valence electrons. The van der Waals surface area contributed by atoms with Gasteiger partial charge in [-0.3, -0.25) is 5.41 Å². The molecule has 0 spiro atoms. The summed E-state index contributed by atoms with van der Waals surface area (Å²) in [5.41, 5.74) is 0. The molecule has 0 aromatic heterocycles. The SMILES string of the molecule is CC1SCC(C(=N)N2CCCC2)SC1C. The average molecular weight is 244 g/mol. The van der Waals surface area contributed by atoms with Gasteiger partial charge in [0.05, 0.1) is 5.25 Å². The van der Waals surface area contributed by atoms with Gasteiger partial charge in [0.25, 0.3) is 0 Å². The molecule has 0 aromatic carbocycles. The van der Waals surface area contributed by atoms with E-state index in [9.17, 15) is 0 Å². The van der Waals surface area contributed by atoms with Crippen molar-refractivity contribution >= 4 is 29.4 Å². The minimum Gasteiger partial charge on any atom is -0.360 e. The van der Waals surface area contributed by atoms with Gasteiger partial charge in [0.2, 0.25) is 0 Å². The summed E-state index contributed by atoms with van der Waals surface area (Å²) in [5.74, 6) is 2.02. The molecule has 2 nitrogen and oxygen atoms in total. The maximum absolute atomic E-state index is 8.23. The van der Waals surface area contributed by atoms with Gasteiger partial charge in [-0.2, -0.15) is 11.8 Å². The van der Waals surface area contributed by atoms with Gasteiger partial charge >= 0.3 is 0 Å². The van der Waals surface area contributed by atoms with Crippen molar-refractivity contribution in [1.29, 1.82) is 5.41 Å². The lowest BCUT2D eigenvalue weighted by Crippen LogP contribution is -2.40. The Morgan fingerprint density at radius 2 is 1.87 bits per heavy atom. The number of likely N-dealkylation sites (tertiary alicyclic amines) is 1. The number of nitrogens with zero attached hydrogens (tertiary/aromatic N) is 1. The first-order valence-electron chi connectivity index (χ1n) is 5.79. The van der Waals surface area contributed by atoms with Crippen LogP contribution in [0.4, 0.5) is 0 Å². The zero-order chi connectivity index (χ0) is 10.8. The quantitative estimate of drug-likeness (QED) is 0.567. The van der Waals surface area contributed by atoms with Crippen LogP contribution in [0.25, 0.3) is 0 Å². The van der Waals surface area contributed by atoms with Crippen LogP contribution in [0.2, 0.25) is 0 Å². The molecule has 1 N–H and O–H groups in total. The largest absolute Gasteiger partial charge is 0.360 e. The molecule has 0 aromatic rings. The normalized spacial score (nSPS) is 36.9. The Labute approximate surface area is 101 Å². The Balaban J connectivity index is 1.90. The fourth-order valence-corrected chi connectivity index (χ4v) is 4.99. The topological polar surface area (TPSA) is 27.1 Å². The second-order valence-corrected chi connectivity index (χ2v) is 7.44. The number of hydrogen-bond donors (Lipinski definition) is 1. The summed E-state index contributed by atoms with van der Waals surface area (Å²) in [6.07, 6.45) is 2.55. The molecule has 2 heterocycles. The monoisotopic (exact) mass is 244 g/mol. The van der Waals surface area contributed by atoms with E-state index in [1.807, 2.05) is 23.5 Å². The van der Waals surface area contributed by atoms with Gasteiger partial charge in [-0.05, 0) is 12.8 Å².